The van der Waals surface area contributed by atoms with E-state index in [0.29, 0.717) is 33.6 Å². The summed E-state index contributed by atoms with van der Waals surface area (Å²) in [6.45, 7) is 0.603. The van der Waals surface area contributed by atoms with E-state index in [0.717, 1.165) is 22.6 Å². The van der Waals surface area contributed by atoms with Gasteiger partial charge in [0.25, 0.3) is 0 Å². The normalized spacial score (nSPS) is 16.0. The van der Waals surface area contributed by atoms with Crippen molar-refractivity contribution in [2.75, 3.05) is 25.6 Å². The fourth-order valence-corrected chi connectivity index (χ4v) is 4.80. The third-order valence-corrected chi connectivity index (χ3v) is 7.40. The maximum Gasteiger partial charge on any atom is 0.335 e. The molecule has 8 N–H and O–H groups in total. The number of phenolic OH excluding ortho intramolecular Hbond substituents is 3. The molecule has 19 heteroatoms. The number of rotatable bonds is 6. The summed E-state index contributed by atoms with van der Waals surface area (Å²) in [6, 6.07) is 6.26. The quantitative estimate of drug-likeness (QED) is 0.157. The van der Waals surface area contributed by atoms with Crippen LogP contribution in [0.3, 0.4) is 0 Å². The zero-order valence-corrected chi connectivity index (χ0v) is 25.3. The lowest BCUT2D eigenvalue weighted by atomic mass is 10.1. The van der Waals surface area contributed by atoms with Gasteiger partial charge in [0.1, 0.15) is 16.9 Å². The van der Waals surface area contributed by atoms with Crippen molar-refractivity contribution in [3.05, 3.63) is 41.5 Å². The fourth-order valence-electron chi connectivity index (χ4n) is 3.45. The summed E-state index contributed by atoms with van der Waals surface area (Å²) < 4.78 is 10.6. The molecule has 16 nitrogen and oxygen atoms in total. The number of hydrogen-bond acceptors (Lipinski definition) is 14. The predicted molar refractivity (Wildman–Crippen MR) is 163 cm³/mol. The molecular formula is C26H26N2O14S3. The molecule has 3 aliphatic rings. The van der Waals surface area contributed by atoms with Crippen LogP contribution in [0.5, 0.6) is 28.7 Å². The lowest BCUT2D eigenvalue weighted by Crippen LogP contribution is -2.34. The number of benzene rings is 2. The van der Waals surface area contributed by atoms with Crippen LogP contribution in [0.15, 0.2) is 30.3 Å². The number of carboxylic acids is 4. The Balaban J connectivity index is 0.000000211. The Labute approximate surface area is 268 Å². The van der Waals surface area contributed by atoms with E-state index in [1.165, 1.54) is 11.8 Å². The molecule has 0 radical (unpaired) electrons. The smallest absolute Gasteiger partial charge is 0.335 e. The van der Waals surface area contributed by atoms with Crippen LogP contribution in [0, 0.1) is 0 Å². The van der Waals surface area contributed by atoms with Crippen LogP contribution in [-0.4, -0.2) is 111 Å². The average molecular weight is 687 g/mol. The van der Waals surface area contributed by atoms with E-state index >= 15 is 0 Å². The minimum atomic E-state index is -1.29. The molecule has 0 aromatic heterocycles. The summed E-state index contributed by atoms with van der Waals surface area (Å²) in [5, 5.41) is 63.0. The number of fused-ring (bicyclic) bond motifs is 1. The largest absolute Gasteiger partial charge is 0.504 e. The standard InChI is InChI=1S/C9H8O4.C7H6O5.C5H5NO3S2.C5H7NO2S/c10-9(11)4-6-1-2-7-8(3-6)13-5-12-7;8-4-1-3(7(11)12)2-5(9)6(4)10;7-3-2-11-5(10)6(3)1-4(8)9;7-5(8)4-3(9)1-2-6-4/h1-3H,4-5H2,(H,10,11);1-2,8-10H,(H,11,12);1-2H2,(H,8,9);4,6H,1-2H2,(H,7,8)/t;;;4-/m...0/s1. The van der Waals surface area contributed by atoms with Gasteiger partial charge >= 0.3 is 23.9 Å². The van der Waals surface area contributed by atoms with Gasteiger partial charge in [-0.15, -0.1) is 0 Å². The molecule has 1 amide bonds. The van der Waals surface area contributed by atoms with E-state index in [-0.39, 0.29) is 37.0 Å². The highest BCUT2D eigenvalue weighted by molar-refractivity contribution is 8.23. The zero-order valence-electron chi connectivity index (χ0n) is 22.9. The second kappa shape index (κ2) is 16.9. The number of nitrogens with zero attached hydrogens (tertiary/aromatic N) is 1. The average Bonchev–Trinajstić information content (AvgIpc) is 3.68. The monoisotopic (exact) mass is 686 g/mol. The van der Waals surface area contributed by atoms with Crippen LogP contribution in [0.2, 0.25) is 0 Å². The van der Waals surface area contributed by atoms with E-state index in [4.69, 9.17) is 69.7 Å². The van der Waals surface area contributed by atoms with Gasteiger partial charge in [0.05, 0.1) is 17.7 Å². The van der Waals surface area contributed by atoms with Gasteiger partial charge in [-0.05, 0) is 36.2 Å². The van der Waals surface area contributed by atoms with E-state index in [1.807, 2.05) is 0 Å². The Hall–Kier alpha value is -4.72. The number of thioether (sulfide) groups is 1. The van der Waals surface area contributed by atoms with Crippen molar-refractivity contribution >= 4 is 75.2 Å². The molecule has 1 atom stereocenters. The minimum absolute atomic E-state index is 0.0106. The van der Waals surface area contributed by atoms with Crippen molar-refractivity contribution in [3.63, 3.8) is 0 Å². The van der Waals surface area contributed by atoms with Crippen LogP contribution in [0.25, 0.3) is 0 Å². The summed E-state index contributed by atoms with van der Waals surface area (Å²) in [5.74, 6) is -4.73. The molecule has 2 aromatic carbocycles. The molecule has 0 unspecified atom stereocenters. The summed E-state index contributed by atoms with van der Waals surface area (Å²) in [5.41, 5.74) is 0.430. The van der Waals surface area contributed by atoms with Crippen LogP contribution in [0.1, 0.15) is 22.3 Å². The third-order valence-electron chi connectivity index (χ3n) is 5.53. The number of aliphatic carboxylic acids is 3. The van der Waals surface area contributed by atoms with Crippen molar-refractivity contribution in [3.8, 4) is 28.7 Å². The number of ether oxygens (including phenoxy) is 2. The van der Waals surface area contributed by atoms with Gasteiger partial charge in [0, 0.05) is 11.4 Å². The van der Waals surface area contributed by atoms with Crippen molar-refractivity contribution in [2.24, 2.45) is 0 Å². The van der Waals surface area contributed by atoms with Gasteiger partial charge in [-0.3, -0.25) is 29.4 Å². The second-order valence-electron chi connectivity index (χ2n) is 8.80. The second-order valence-corrected chi connectivity index (χ2v) is 10.9. The summed E-state index contributed by atoms with van der Waals surface area (Å²) in [7, 11) is 0. The topological polar surface area (TPSA) is 261 Å². The Morgan fingerprint density at radius 1 is 0.933 bits per heavy atom. The molecule has 0 saturated carbocycles. The summed E-state index contributed by atoms with van der Waals surface area (Å²) >= 11 is 10.7. The number of carbonyl (C=O) groups is 5. The molecule has 0 aliphatic carbocycles. The van der Waals surface area contributed by atoms with Gasteiger partial charge in [-0.25, -0.2) is 4.79 Å². The predicted octanol–water partition coefficient (Wildman–Crippen LogP) is 1.28. The maximum absolute atomic E-state index is 10.9. The number of nitrogens with one attached hydrogen (secondary N) is 1. The van der Waals surface area contributed by atoms with Crippen molar-refractivity contribution < 1.29 is 69.2 Å². The lowest BCUT2D eigenvalue weighted by Gasteiger charge is -2.10. The zero-order chi connectivity index (χ0) is 33.8. The van der Waals surface area contributed by atoms with Crippen molar-refractivity contribution in [1.29, 1.82) is 0 Å². The Kier molecular flexibility index (Phi) is 13.7. The molecule has 0 bridgehead atoms. The first kappa shape index (κ1) is 36.5. The Morgan fingerprint density at radius 2 is 1.56 bits per heavy atom. The lowest BCUT2D eigenvalue weighted by molar-refractivity contribution is -0.140. The first-order valence-electron chi connectivity index (χ1n) is 12.4. The Bertz CT molecular complexity index is 1460. The van der Waals surface area contributed by atoms with Crippen molar-refractivity contribution in [2.45, 2.75) is 18.9 Å². The number of carboxylic acid groups (broad SMARTS) is 4. The molecule has 45 heavy (non-hydrogen) atoms. The Morgan fingerprint density at radius 3 is 2.00 bits per heavy atom. The summed E-state index contributed by atoms with van der Waals surface area (Å²) in [4.78, 5) is 53.7. The van der Waals surface area contributed by atoms with Crippen molar-refractivity contribution in [1.82, 2.24) is 10.2 Å². The van der Waals surface area contributed by atoms with Gasteiger partial charge in [-0.1, -0.05) is 42.3 Å². The first-order chi connectivity index (χ1) is 21.1. The number of carbonyl (C=O) groups excluding carboxylic acids is 1. The molecule has 2 saturated heterocycles. The van der Waals surface area contributed by atoms with Crippen LogP contribution in [0.4, 0.5) is 0 Å². The molecule has 3 aliphatic heterocycles. The fraction of sp³-hybridized carbons (Fsp3) is 0.269. The number of aromatic hydroxyl groups is 3. The van der Waals surface area contributed by atoms with Gasteiger partial charge in [-0.2, -0.15) is 0 Å². The van der Waals surface area contributed by atoms with Crippen LogP contribution < -0.4 is 14.8 Å². The molecule has 242 valence electrons. The molecule has 5 rings (SSSR count). The summed E-state index contributed by atoms with van der Waals surface area (Å²) in [6.07, 6.45) is 0.725. The van der Waals surface area contributed by atoms with Crippen LogP contribution >= 0.6 is 36.2 Å². The maximum atomic E-state index is 10.9. The molecule has 2 fully saturated rings. The van der Waals surface area contributed by atoms with Crippen LogP contribution in [-0.2, 0) is 25.6 Å². The number of aromatic carboxylic acids is 1. The van der Waals surface area contributed by atoms with E-state index in [9.17, 15) is 24.0 Å². The first-order valence-corrected chi connectivity index (χ1v) is 14.2. The number of phenols is 3. The molecule has 0 spiro atoms. The number of amides is 1. The van der Waals surface area contributed by atoms with Gasteiger partial charge < -0.3 is 45.2 Å². The highest BCUT2D eigenvalue weighted by atomic mass is 32.2. The van der Waals surface area contributed by atoms with Gasteiger partial charge in [0.2, 0.25) is 12.7 Å². The van der Waals surface area contributed by atoms with Gasteiger partial charge in [0.15, 0.2) is 28.7 Å². The highest BCUT2D eigenvalue weighted by Gasteiger charge is 2.28. The molecule has 2 aromatic rings. The third kappa shape index (κ3) is 11.4. The van der Waals surface area contributed by atoms with E-state index in [2.05, 4.69) is 5.32 Å². The highest BCUT2D eigenvalue weighted by Crippen LogP contribution is 2.35. The SMILES string of the molecule is O=C(O)CN1C(=O)CSC1=S.O=C(O)Cc1ccc2c(c1)OCO2.O=C(O)[C@H]1NCCC1=S.O=C(O)c1cc(O)c(O)c(O)c1. The minimum Gasteiger partial charge on any atom is -0.504 e. The van der Waals surface area contributed by atoms with E-state index < -0.39 is 47.2 Å². The number of thiocarbonyl (C=S) groups is 2. The number of hydrogen-bond donors (Lipinski definition) is 8. The van der Waals surface area contributed by atoms with E-state index in [1.54, 1.807) is 18.2 Å². The molecule has 3 heterocycles. The molecular weight excluding hydrogens is 660 g/mol.